The summed E-state index contributed by atoms with van der Waals surface area (Å²) >= 11 is 1.38. The van der Waals surface area contributed by atoms with Gasteiger partial charge in [-0.25, -0.2) is 4.98 Å². The zero-order valence-corrected chi connectivity index (χ0v) is 11.7. The van der Waals surface area contributed by atoms with Crippen molar-refractivity contribution >= 4 is 23.2 Å². The fourth-order valence-corrected chi connectivity index (χ4v) is 2.33. The number of hydrogen-bond donors (Lipinski definition) is 1. The van der Waals surface area contributed by atoms with Gasteiger partial charge in [-0.15, -0.1) is 11.3 Å². The van der Waals surface area contributed by atoms with Gasteiger partial charge in [0, 0.05) is 19.0 Å². The number of nitrogens with zero attached hydrogens (tertiary/aromatic N) is 2. The number of carbonyl (C=O) groups is 2. The Bertz CT molecular complexity index is 429. The summed E-state index contributed by atoms with van der Waals surface area (Å²) in [6.07, 6.45) is 1.54. The van der Waals surface area contributed by atoms with Gasteiger partial charge in [0.2, 0.25) is 0 Å². The molecule has 6 heteroatoms. The number of thiazole rings is 1. The zero-order valence-electron chi connectivity index (χ0n) is 10.8. The van der Waals surface area contributed by atoms with E-state index in [9.17, 15) is 9.59 Å². The molecule has 0 radical (unpaired) electrons. The van der Waals surface area contributed by atoms with Crippen LogP contribution in [-0.4, -0.2) is 40.0 Å². The van der Waals surface area contributed by atoms with Crippen molar-refractivity contribution in [3.05, 3.63) is 16.1 Å². The standard InChI is InChI=1S/C12H18N2O3S/c1-4-14(6-5-10(15)16)12(17)9-7-13-11(18-9)8(2)3/h7-8H,4-6H2,1-3H3,(H,15,16). The third-order valence-electron chi connectivity index (χ3n) is 2.49. The summed E-state index contributed by atoms with van der Waals surface area (Å²) in [7, 11) is 0. The molecule has 1 rings (SSSR count). The van der Waals surface area contributed by atoms with Crippen molar-refractivity contribution in [2.24, 2.45) is 0 Å². The lowest BCUT2D eigenvalue weighted by Gasteiger charge is -2.18. The van der Waals surface area contributed by atoms with E-state index in [-0.39, 0.29) is 18.9 Å². The quantitative estimate of drug-likeness (QED) is 0.860. The number of carboxylic acid groups (broad SMARTS) is 1. The molecule has 1 aromatic rings. The Kier molecular flexibility index (Phi) is 5.27. The molecule has 0 saturated carbocycles. The summed E-state index contributed by atoms with van der Waals surface area (Å²) in [5.74, 6) is -0.734. The predicted molar refractivity (Wildman–Crippen MR) is 70.0 cm³/mol. The van der Waals surface area contributed by atoms with Gasteiger partial charge in [0.15, 0.2) is 0 Å². The third-order valence-corrected chi connectivity index (χ3v) is 3.78. The first-order valence-corrected chi connectivity index (χ1v) is 6.74. The van der Waals surface area contributed by atoms with Crippen LogP contribution in [0.15, 0.2) is 6.20 Å². The topological polar surface area (TPSA) is 70.5 Å². The summed E-state index contributed by atoms with van der Waals surface area (Å²) in [6, 6.07) is 0. The van der Waals surface area contributed by atoms with Crippen LogP contribution in [0.4, 0.5) is 0 Å². The van der Waals surface area contributed by atoms with Gasteiger partial charge in [0.1, 0.15) is 4.88 Å². The minimum absolute atomic E-state index is 0.0323. The highest BCUT2D eigenvalue weighted by Crippen LogP contribution is 2.22. The van der Waals surface area contributed by atoms with Crippen LogP contribution in [0.2, 0.25) is 0 Å². The van der Waals surface area contributed by atoms with Crippen LogP contribution >= 0.6 is 11.3 Å². The zero-order chi connectivity index (χ0) is 13.7. The van der Waals surface area contributed by atoms with E-state index in [1.54, 1.807) is 6.20 Å². The van der Waals surface area contributed by atoms with Gasteiger partial charge in [0.25, 0.3) is 5.91 Å². The van der Waals surface area contributed by atoms with Crippen molar-refractivity contribution in [1.29, 1.82) is 0 Å². The number of carbonyl (C=O) groups excluding carboxylic acids is 1. The molecule has 0 spiro atoms. The number of aromatic nitrogens is 1. The lowest BCUT2D eigenvalue weighted by molar-refractivity contribution is -0.137. The molecule has 0 aromatic carbocycles. The number of hydrogen-bond acceptors (Lipinski definition) is 4. The van der Waals surface area contributed by atoms with Crippen molar-refractivity contribution in [3.63, 3.8) is 0 Å². The van der Waals surface area contributed by atoms with E-state index in [4.69, 9.17) is 5.11 Å². The highest BCUT2D eigenvalue weighted by atomic mass is 32.1. The fourth-order valence-electron chi connectivity index (χ4n) is 1.44. The molecule has 0 aliphatic rings. The van der Waals surface area contributed by atoms with Gasteiger partial charge in [0.05, 0.1) is 17.6 Å². The number of rotatable bonds is 6. The van der Waals surface area contributed by atoms with Crippen LogP contribution in [0, 0.1) is 0 Å². The highest BCUT2D eigenvalue weighted by Gasteiger charge is 2.18. The van der Waals surface area contributed by atoms with Crippen molar-refractivity contribution in [2.45, 2.75) is 33.1 Å². The normalized spacial score (nSPS) is 10.7. The van der Waals surface area contributed by atoms with Gasteiger partial charge >= 0.3 is 5.97 Å². The van der Waals surface area contributed by atoms with Crippen LogP contribution in [0.3, 0.4) is 0 Å². The maximum absolute atomic E-state index is 12.1. The Morgan fingerprint density at radius 3 is 2.61 bits per heavy atom. The average molecular weight is 270 g/mol. The third kappa shape index (κ3) is 3.80. The molecule has 1 heterocycles. The van der Waals surface area contributed by atoms with E-state index < -0.39 is 5.97 Å². The van der Waals surface area contributed by atoms with Gasteiger partial charge < -0.3 is 10.0 Å². The van der Waals surface area contributed by atoms with Crippen molar-refractivity contribution in [2.75, 3.05) is 13.1 Å². The average Bonchev–Trinajstić information content (AvgIpc) is 2.78. The molecule has 0 saturated heterocycles. The molecule has 0 aliphatic carbocycles. The van der Waals surface area contributed by atoms with Gasteiger partial charge in [-0.05, 0) is 6.92 Å². The second-order valence-corrected chi connectivity index (χ2v) is 5.31. The van der Waals surface area contributed by atoms with Crippen LogP contribution in [-0.2, 0) is 4.79 Å². The first kappa shape index (κ1) is 14.6. The molecule has 0 fully saturated rings. The molecule has 0 aliphatic heterocycles. The van der Waals surface area contributed by atoms with Crippen molar-refractivity contribution in [3.8, 4) is 0 Å². The van der Waals surface area contributed by atoms with Crippen LogP contribution in [0.1, 0.15) is 47.8 Å². The maximum Gasteiger partial charge on any atom is 0.305 e. The lowest BCUT2D eigenvalue weighted by Crippen LogP contribution is -2.32. The Hall–Kier alpha value is -1.43. The fraction of sp³-hybridized carbons (Fsp3) is 0.583. The van der Waals surface area contributed by atoms with Crippen LogP contribution < -0.4 is 0 Å². The van der Waals surface area contributed by atoms with E-state index in [0.29, 0.717) is 17.3 Å². The van der Waals surface area contributed by atoms with E-state index in [1.807, 2.05) is 20.8 Å². The smallest absolute Gasteiger partial charge is 0.305 e. The number of amides is 1. The second kappa shape index (κ2) is 6.49. The molecular formula is C12H18N2O3S. The van der Waals surface area contributed by atoms with Crippen molar-refractivity contribution in [1.82, 2.24) is 9.88 Å². The first-order chi connectivity index (χ1) is 8.45. The summed E-state index contributed by atoms with van der Waals surface area (Å²) in [6.45, 7) is 6.62. The lowest BCUT2D eigenvalue weighted by atomic mass is 10.2. The molecular weight excluding hydrogens is 252 g/mol. The number of aliphatic carboxylic acids is 1. The largest absolute Gasteiger partial charge is 0.481 e. The first-order valence-electron chi connectivity index (χ1n) is 5.92. The summed E-state index contributed by atoms with van der Waals surface area (Å²) in [5.41, 5.74) is 0. The van der Waals surface area contributed by atoms with Crippen molar-refractivity contribution < 1.29 is 14.7 Å². The van der Waals surface area contributed by atoms with E-state index in [2.05, 4.69) is 4.98 Å². The maximum atomic E-state index is 12.1. The van der Waals surface area contributed by atoms with E-state index >= 15 is 0 Å². The molecule has 0 unspecified atom stereocenters. The second-order valence-electron chi connectivity index (χ2n) is 4.25. The van der Waals surface area contributed by atoms with Crippen LogP contribution in [0.25, 0.3) is 0 Å². The molecule has 1 amide bonds. The monoisotopic (exact) mass is 270 g/mol. The highest BCUT2D eigenvalue weighted by molar-refractivity contribution is 7.13. The Morgan fingerprint density at radius 1 is 1.50 bits per heavy atom. The summed E-state index contributed by atoms with van der Waals surface area (Å²) < 4.78 is 0. The van der Waals surface area contributed by atoms with Crippen LogP contribution in [0.5, 0.6) is 0 Å². The molecule has 100 valence electrons. The van der Waals surface area contributed by atoms with Gasteiger partial charge in [-0.1, -0.05) is 13.8 Å². The molecule has 5 nitrogen and oxygen atoms in total. The van der Waals surface area contributed by atoms with Gasteiger partial charge in [-0.3, -0.25) is 9.59 Å². The molecule has 0 atom stereocenters. The molecule has 0 bridgehead atoms. The molecule has 18 heavy (non-hydrogen) atoms. The summed E-state index contributed by atoms with van der Waals surface area (Å²) in [4.78, 5) is 29.0. The SMILES string of the molecule is CCN(CCC(=O)O)C(=O)c1cnc(C(C)C)s1. The Balaban J connectivity index is 2.73. The predicted octanol–water partition coefficient (Wildman–Crippen LogP) is 2.20. The van der Waals surface area contributed by atoms with E-state index in [0.717, 1.165) is 5.01 Å². The molecule has 1 N–H and O–H groups in total. The summed E-state index contributed by atoms with van der Waals surface area (Å²) in [5, 5.41) is 9.56. The Labute approximate surface area is 110 Å². The van der Waals surface area contributed by atoms with Gasteiger partial charge in [-0.2, -0.15) is 0 Å². The molecule has 1 aromatic heterocycles. The Morgan fingerprint density at radius 2 is 2.17 bits per heavy atom. The minimum Gasteiger partial charge on any atom is -0.481 e. The minimum atomic E-state index is -0.895. The van der Waals surface area contributed by atoms with E-state index in [1.165, 1.54) is 16.2 Å². The number of carboxylic acids is 1.